The lowest BCUT2D eigenvalue weighted by Crippen LogP contribution is -2.07. The van der Waals surface area contributed by atoms with Gasteiger partial charge in [0.05, 0.1) is 11.0 Å². The first-order chi connectivity index (χ1) is 27.2. The maximum atomic E-state index is 5.34. The molecule has 0 radical (unpaired) electrons. The molecule has 0 aliphatic heterocycles. The van der Waals surface area contributed by atoms with Crippen molar-refractivity contribution in [2.24, 2.45) is 0 Å². The van der Waals surface area contributed by atoms with Crippen molar-refractivity contribution in [3.63, 3.8) is 0 Å². The first-order valence-electron chi connectivity index (χ1n) is 18.7. The predicted octanol–water partition coefficient (Wildman–Crippen LogP) is 13.3. The monoisotopic (exact) mass is 706 g/mol. The maximum absolute atomic E-state index is 5.34. The number of fused-ring (bicyclic) bond motifs is 3. The second kappa shape index (κ2) is 14.7. The van der Waals surface area contributed by atoms with Gasteiger partial charge in [0.15, 0.2) is 11.6 Å². The fraction of sp³-hybridized carbons (Fsp3) is 0.0392. The van der Waals surface area contributed by atoms with E-state index < -0.39 is 0 Å². The highest BCUT2D eigenvalue weighted by atomic mass is 15.2. The molecule has 262 valence electrons. The van der Waals surface area contributed by atoms with Gasteiger partial charge in [0.1, 0.15) is 0 Å². The van der Waals surface area contributed by atoms with Gasteiger partial charge in [0, 0.05) is 27.5 Å². The molecule has 9 aromatic rings. The summed E-state index contributed by atoms with van der Waals surface area (Å²) in [6.07, 6.45) is 6.32. The largest absolute Gasteiger partial charge is 0.277 e. The van der Waals surface area contributed by atoms with Crippen molar-refractivity contribution in [3.05, 3.63) is 200 Å². The first-order valence-corrected chi connectivity index (χ1v) is 18.7. The molecule has 0 fully saturated rings. The minimum absolute atomic E-state index is 0.561. The highest BCUT2D eigenvalue weighted by Gasteiger charge is 2.22. The van der Waals surface area contributed by atoms with Crippen molar-refractivity contribution in [2.75, 3.05) is 0 Å². The van der Waals surface area contributed by atoms with Gasteiger partial charge in [-0.15, -0.1) is 0 Å². The molecule has 0 saturated heterocycles. The standard InChI is InChI=1S/C51H38N4/c1-3-18-35(4-2)40-27-17-28-42(31-40)50-52-49(39-25-15-8-16-26-39)53-51(54-50)55-47-30-29-41(36-19-9-5-10-20-36)32-45(47)46-34-43(37-21-11-6-12-22-37)33-44(48(46)55)38-23-13-7-14-24-38/h3-34H,1-2H3/b18-3-,35-4+. The molecule has 0 spiro atoms. The molecule has 0 N–H and O–H groups in total. The second-order valence-corrected chi connectivity index (χ2v) is 13.6. The molecule has 0 bridgehead atoms. The summed E-state index contributed by atoms with van der Waals surface area (Å²) in [4.78, 5) is 15.8. The lowest BCUT2D eigenvalue weighted by Gasteiger charge is -2.14. The van der Waals surface area contributed by atoms with Crippen molar-refractivity contribution in [1.29, 1.82) is 0 Å². The number of rotatable bonds is 8. The normalized spacial score (nSPS) is 11.9. The van der Waals surface area contributed by atoms with Gasteiger partial charge in [-0.3, -0.25) is 4.57 Å². The second-order valence-electron chi connectivity index (χ2n) is 13.6. The fourth-order valence-electron chi connectivity index (χ4n) is 7.49. The average molecular weight is 707 g/mol. The van der Waals surface area contributed by atoms with Crippen LogP contribution in [0.3, 0.4) is 0 Å². The third-order valence-corrected chi connectivity index (χ3v) is 10.1. The number of aromatic nitrogens is 4. The van der Waals surface area contributed by atoms with E-state index in [-0.39, 0.29) is 0 Å². The minimum Gasteiger partial charge on any atom is -0.277 e. The van der Waals surface area contributed by atoms with Gasteiger partial charge in [-0.25, -0.2) is 4.98 Å². The average Bonchev–Trinajstić information content (AvgIpc) is 3.60. The van der Waals surface area contributed by atoms with E-state index in [2.05, 4.69) is 187 Å². The van der Waals surface area contributed by atoms with Gasteiger partial charge in [-0.05, 0) is 83.1 Å². The van der Waals surface area contributed by atoms with E-state index in [1.54, 1.807) is 0 Å². The van der Waals surface area contributed by atoms with Crippen LogP contribution in [0.2, 0.25) is 0 Å². The topological polar surface area (TPSA) is 43.6 Å². The van der Waals surface area contributed by atoms with Gasteiger partial charge in [-0.1, -0.05) is 164 Å². The smallest absolute Gasteiger partial charge is 0.238 e. The molecule has 0 unspecified atom stereocenters. The van der Waals surface area contributed by atoms with Crippen LogP contribution in [-0.2, 0) is 0 Å². The van der Waals surface area contributed by atoms with Gasteiger partial charge in [0.2, 0.25) is 5.95 Å². The molecule has 0 aliphatic rings. The van der Waals surface area contributed by atoms with Crippen molar-refractivity contribution in [2.45, 2.75) is 13.8 Å². The molecule has 9 rings (SSSR count). The lowest BCUT2D eigenvalue weighted by molar-refractivity contribution is 0.954. The van der Waals surface area contributed by atoms with Gasteiger partial charge in [0.25, 0.3) is 0 Å². The van der Waals surface area contributed by atoms with Crippen molar-refractivity contribution >= 4 is 27.4 Å². The number of nitrogens with zero attached hydrogens (tertiary/aromatic N) is 4. The Bertz CT molecular complexity index is 2850. The zero-order chi connectivity index (χ0) is 37.1. The molecule has 55 heavy (non-hydrogen) atoms. The van der Waals surface area contributed by atoms with Crippen molar-refractivity contribution < 1.29 is 0 Å². The van der Waals surface area contributed by atoms with Crippen LogP contribution >= 0.6 is 0 Å². The summed E-state index contributed by atoms with van der Waals surface area (Å²) in [5, 5.41) is 2.25. The predicted molar refractivity (Wildman–Crippen MR) is 230 cm³/mol. The van der Waals surface area contributed by atoms with E-state index in [9.17, 15) is 0 Å². The number of hydrogen-bond acceptors (Lipinski definition) is 3. The molecule has 2 heterocycles. The Labute approximate surface area is 321 Å². The van der Waals surface area contributed by atoms with Crippen LogP contribution in [0.5, 0.6) is 0 Å². The Balaban J connectivity index is 1.39. The zero-order valence-electron chi connectivity index (χ0n) is 30.8. The molecule has 7 aromatic carbocycles. The summed E-state index contributed by atoms with van der Waals surface area (Å²) in [6, 6.07) is 61.9. The van der Waals surface area contributed by atoms with Crippen LogP contribution < -0.4 is 0 Å². The van der Waals surface area contributed by atoms with Crippen LogP contribution in [0.4, 0.5) is 0 Å². The Hall–Kier alpha value is -7.17. The Morgan fingerprint density at radius 1 is 0.455 bits per heavy atom. The summed E-state index contributed by atoms with van der Waals surface area (Å²) in [5.41, 5.74) is 13.0. The summed E-state index contributed by atoms with van der Waals surface area (Å²) < 4.78 is 2.25. The third kappa shape index (κ3) is 6.45. The van der Waals surface area contributed by atoms with Crippen LogP contribution in [0, 0.1) is 0 Å². The van der Waals surface area contributed by atoms with Crippen LogP contribution in [0.1, 0.15) is 19.4 Å². The van der Waals surface area contributed by atoms with Crippen LogP contribution in [0.25, 0.3) is 89.5 Å². The quantitative estimate of drug-likeness (QED) is 0.148. The Kier molecular flexibility index (Phi) is 8.99. The Morgan fingerprint density at radius 2 is 1.02 bits per heavy atom. The SMILES string of the molecule is C/C=C\C(=C/C)c1cccc(-c2nc(-c3ccccc3)nc(-n3c4ccc(-c5ccccc5)cc4c4cc(-c5ccccc5)cc(-c5ccccc5)c43)n2)c1. The summed E-state index contributed by atoms with van der Waals surface area (Å²) in [5.74, 6) is 1.79. The van der Waals surface area contributed by atoms with E-state index in [4.69, 9.17) is 15.0 Å². The third-order valence-electron chi connectivity index (χ3n) is 10.1. The molecule has 0 amide bonds. The van der Waals surface area contributed by atoms with Crippen LogP contribution in [0.15, 0.2) is 194 Å². The summed E-state index contributed by atoms with van der Waals surface area (Å²) >= 11 is 0. The lowest BCUT2D eigenvalue weighted by atomic mass is 9.95. The minimum atomic E-state index is 0.561. The van der Waals surface area contributed by atoms with E-state index >= 15 is 0 Å². The fourth-order valence-corrected chi connectivity index (χ4v) is 7.49. The summed E-state index contributed by atoms with van der Waals surface area (Å²) in [6.45, 7) is 4.11. The highest BCUT2D eigenvalue weighted by molar-refractivity contribution is 6.16. The van der Waals surface area contributed by atoms with Crippen LogP contribution in [-0.4, -0.2) is 19.5 Å². The molecule has 0 aliphatic carbocycles. The maximum Gasteiger partial charge on any atom is 0.238 e. The first kappa shape index (κ1) is 33.7. The zero-order valence-corrected chi connectivity index (χ0v) is 30.8. The number of benzene rings is 7. The number of allylic oxidation sites excluding steroid dienone is 4. The molecular formula is C51H38N4. The molecular weight excluding hydrogens is 669 g/mol. The van der Waals surface area contributed by atoms with Crippen molar-refractivity contribution in [1.82, 2.24) is 19.5 Å². The van der Waals surface area contributed by atoms with E-state index in [0.717, 1.165) is 71.9 Å². The molecule has 4 nitrogen and oxygen atoms in total. The van der Waals surface area contributed by atoms with Gasteiger partial charge in [-0.2, -0.15) is 9.97 Å². The molecule has 0 atom stereocenters. The number of hydrogen-bond donors (Lipinski definition) is 0. The van der Waals surface area contributed by atoms with Gasteiger partial charge < -0.3 is 0 Å². The molecule has 2 aromatic heterocycles. The van der Waals surface area contributed by atoms with Crippen molar-refractivity contribution in [3.8, 4) is 62.1 Å². The van der Waals surface area contributed by atoms with Gasteiger partial charge >= 0.3 is 0 Å². The Morgan fingerprint density at radius 3 is 1.65 bits per heavy atom. The van der Waals surface area contributed by atoms with E-state index in [1.165, 1.54) is 5.56 Å². The summed E-state index contributed by atoms with van der Waals surface area (Å²) in [7, 11) is 0. The van der Waals surface area contributed by atoms with E-state index in [0.29, 0.717) is 17.6 Å². The molecule has 0 saturated carbocycles. The molecule has 4 heteroatoms. The highest BCUT2D eigenvalue weighted by Crippen LogP contribution is 2.42. The van der Waals surface area contributed by atoms with E-state index in [1.807, 2.05) is 25.1 Å².